The molecule has 1 saturated heterocycles. The number of likely N-dealkylation sites (tertiary alicyclic amines) is 1. The van der Waals surface area contributed by atoms with E-state index in [9.17, 15) is 4.79 Å². The number of nitrogens with zero attached hydrogens (tertiary/aromatic N) is 2. The Morgan fingerprint density at radius 3 is 2.29 bits per heavy atom. The van der Waals surface area contributed by atoms with E-state index in [-0.39, 0.29) is 6.09 Å². The molecule has 5 heteroatoms. The molecule has 0 radical (unpaired) electrons. The highest BCUT2D eigenvalue weighted by Crippen LogP contribution is 2.15. The summed E-state index contributed by atoms with van der Waals surface area (Å²) >= 11 is 0. The van der Waals surface area contributed by atoms with Crippen LogP contribution in [-0.4, -0.2) is 66.8 Å². The number of carbonyl (C=O) groups excluding carboxylic acids is 1. The predicted octanol–water partition coefficient (Wildman–Crippen LogP) is 2.32. The average Bonchev–Trinajstić information content (AvgIpc) is 2.42. The zero-order valence-electron chi connectivity index (χ0n) is 14.4. The fourth-order valence-electron chi connectivity index (χ4n) is 2.56. The van der Waals surface area contributed by atoms with Gasteiger partial charge in [0.25, 0.3) is 0 Å². The Morgan fingerprint density at radius 1 is 1.24 bits per heavy atom. The van der Waals surface area contributed by atoms with Crippen LogP contribution >= 0.6 is 0 Å². The van der Waals surface area contributed by atoms with E-state index in [1.165, 1.54) is 0 Å². The zero-order valence-corrected chi connectivity index (χ0v) is 14.4. The van der Waals surface area contributed by atoms with Crippen LogP contribution in [0.25, 0.3) is 0 Å². The van der Waals surface area contributed by atoms with E-state index in [0.29, 0.717) is 6.04 Å². The lowest BCUT2D eigenvalue weighted by atomic mass is 10.1. The van der Waals surface area contributed by atoms with Gasteiger partial charge in [-0.3, -0.25) is 0 Å². The van der Waals surface area contributed by atoms with E-state index in [4.69, 9.17) is 4.74 Å². The van der Waals surface area contributed by atoms with Crippen molar-refractivity contribution < 1.29 is 9.53 Å². The third-order valence-corrected chi connectivity index (χ3v) is 3.90. The summed E-state index contributed by atoms with van der Waals surface area (Å²) in [5.74, 6) is 0. The van der Waals surface area contributed by atoms with Gasteiger partial charge in [0.15, 0.2) is 0 Å². The summed E-state index contributed by atoms with van der Waals surface area (Å²) in [4.78, 5) is 16.2. The Bertz CT molecular complexity index is 303. The molecule has 1 fully saturated rings. The Labute approximate surface area is 130 Å². The zero-order chi connectivity index (χ0) is 15.9. The van der Waals surface area contributed by atoms with E-state index in [0.717, 1.165) is 52.1 Å². The average molecular weight is 299 g/mol. The van der Waals surface area contributed by atoms with Crippen molar-refractivity contribution in [1.29, 1.82) is 0 Å². The van der Waals surface area contributed by atoms with Crippen LogP contribution in [0.1, 0.15) is 47.5 Å². The lowest BCUT2D eigenvalue weighted by Crippen LogP contribution is -2.47. The van der Waals surface area contributed by atoms with Crippen LogP contribution in [0.3, 0.4) is 0 Å². The summed E-state index contributed by atoms with van der Waals surface area (Å²) in [6.45, 7) is 16.0. The number of rotatable bonds is 6. The van der Waals surface area contributed by atoms with E-state index in [1.807, 2.05) is 25.7 Å². The minimum Gasteiger partial charge on any atom is -0.444 e. The molecule has 1 aliphatic heterocycles. The highest BCUT2D eigenvalue weighted by Gasteiger charge is 2.26. The van der Waals surface area contributed by atoms with Crippen LogP contribution in [0.4, 0.5) is 4.79 Å². The fourth-order valence-corrected chi connectivity index (χ4v) is 2.56. The monoisotopic (exact) mass is 299 g/mol. The van der Waals surface area contributed by atoms with E-state index < -0.39 is 5.60 Å². The maximum absolute atomic E-state index is 12.0. The molecule has 124 valence electrons. The van der Waals surface area contributed by atoms with Gasteiger partial charge in [-0.2, -0.15) is 0 Å². The Kier molecular flexibility index (Phi) is 7.46. The Morgan fingerprint density at radius 2 is 1.81 bits per heavy atom. The molecule has 0 aliphatic carbocycles. The number of hydrogen-bond donors (Lipinski definition) is 1. The first-order chi connectivity index (χ1) is 9.85. The van der Waals surface area contributed by atoms with Gasteiger partial charge in [0.1, 0.15) is 5.60 Å². The molecule has 5 nitrogen and oxygen atoms in total. The van der Waals surface area contributed by atoms with Crippen molar-refractivity contribution in [2.75, 3.05) is 39.3 Å². The van der Waals surface area contributed by atoms with Crippen LogP contribution in [0, 0.1) is 0 Å². The van der Waals surface area contributed by atoms with Gasteiger partial charge in [0, 0.05) is 32.2 Å². The Balaban J connectivity index is 2.21. The van der Waals surface area contributed by atoms with Crippen molar-refractivity contribution in [2.45, 2.75) is 59.1 Å². The lowest BCUT2D eigenvalue weighted by Gasteiger charge is -2.34. The quantitative estimate of drug-likeness (QED) is 0.817. The molecule has 0 bridgehead atoms. The maximum atomic E-state index is 12.0. The van der Waals surface area contributed by atoms with E-state index in [2.05, 4.69) is 24.1 Å². The molecule has 1 aliphatic rings. The first-order valence-electron chi connectivity index (χ1n) is 8.29. The second kappa shape index (κ2) is 8.59. The normalized spacial score (nSPS) is 17.3. The third kappa shape index (κ3) is 7.14. The van der Waals surface area contributed by atoms with Gasteiger partial charge >= 0.3 is 6.09 Å². The second-order valence-electron chi connectivity index (χ2n) is 6.72. The molecule has 0 atom stereocenters. The topological polar surface area (TPSA) is 44.8 Å². The largest absolute Gasteiger partial charge is 0.444 e. The highest BCUT2D eigenvalue weighted by molar-refractivity contribution is 5.68. The van der Waals surface area contributed by atoms with Gasteiger partial charge in [-0.05, 0) is 46.7 Å². The molecule has 1 rings (SSSR count). The van der Waals surface area contributed by atoms with Crippen LogP contribution in [-0.2, 0) is 4.74 Å². The summed E-state index contributed by atoms with van der Waals surface area (Å²) < 4.78 is 5.41. The molecule has 0 saturated carbocycles. The van der Waals surface area contributed by atoms with Gasteiger partial charge in [0.2, 0.25) is 0 Å². The number of carbonyl (C=O) groups is 1. The number of hydrogen-bond acceptors (Lipinski definition) is 4. The van der Waals surface area contributed by atoms with Crippen LogP contribution < -0.4 is 5.32 Å². The van der Waals surface area contributed by atoms with E-state index in [1.54, 1.807) is 0 Å². The van der Waals surface area contributed by atoms with Gasteiger partial charge in [-0.25, -0.2) is 4.79 Å². The summed E-state index contributed by atoms with van der Waals surface area (Å²) in [6, 6.07) is 0.527. The minimum atomic E-state index is -0.407. The standard InChI is InChI=1S/C16H33N3O2/c1-6-18(7-2)13-10-17-14-8-11-19(12-9-14)15(20)21-16(3,4)5/h14,17H,6-13H2,1-5H3. The van der Waals surface area contributed by atoms with Crippen molar-refractivity contribution >= 4 is 6.09 Å². The molecule has 0 aromatic carbocycles. The Hall–Kier alpha value is -0.810. The predicted molar refractivity (Wildman–Crippen MR) is 86.6 cm³/mol. The van der Waals surface area contributed by atoms with Crippen LogP contribution in [0.2, 0.25) is 0 Å². The highest BCUT2D eigenvalue weighted by atomic mass is 16.6. The van der Waals surface area contributed by atoms with Crippen LogP contribution in [0.15, 0.2) is 0 Å². The second-order valence-corrected chi connectivity index (χ2v) is 6.72. The first kappa shape index (κ1) is 18.2. The van der Waals surface area contributed by atoms with Crippen molar-refractivity contribution in [2.24, 2.45) is 0 Å². The minimum absolute atomic E-state index is 0.177. The summed E-state index contributed by atoms with van der Waals surface area (Å²) in [5, 5.41) is 3.61. The smallest absolute Gasteiger partial charge is 0.410 e. The van der Waals surface area contributed by atoms with Crippen molar-refractivity contribution in [3.05, 3.63) is 0 Å². The van der Waals surface area contributed by atoms with Gasteiger partial charge in [-0.1, -0.05) is 13.8 Å². The maximum Gasteiger partial charge on any atom is 0.410 e. The molecule has 1 heterocycles. The SMILES string of the molecule is CCN(CC)CCNC1CCN(C(=O)OC(C)(C)C)CC1. The molecule has 1 amide bonds. The summed E-state index contributed by atoms with van der Waals surface area (Å²) in [7, 11) is 0. The van der Waals surface area contributed by atoms with Gasteiger partial charge in [-0.15, -0.1) is 0 Å². The number of amides is 1. The van der Waals surface area contributed by atoms with Gasteiger partial charge < -0.3 is 19.9 Å². The van der Waals surface area contributed by atoms with Crippen molar-refractivity contribution in [3.8, 4) is 0 Å². The van der Waals surface area contributed by atoms with Crippen LogP contribution in [0.5, 0.6) is 0 Å². The number of nitrogens with one attached hydrogen (secondary N) is 1. The van der Waals surface area contributed by atoms with Crippen molar-refractivity contribution in [3.63, 3.8) is 0 Å². The number of likely N-dealkylation sites (N-methyl/N-ethyl adjacent to an activating group) is 1. The number of piperidine rings is 1. The molecule has 1 N–H and O–H groups in total. The molecule has 0 spiro atoms. The number of ether oxygens (including phenoxy) is 1. The summed E-state index contributed by atoms with van der Waals surface area (Å²) in [5.41, 5.74) is -0.407. The molecule has 0 unspecified atom stereocenters. The molecule has 21 heavy (non-hydrogen) atoms. The van der Waals surface area contributed by atoms with E-state index >= 15 is 0 Å². The third-order valence-electron chi connectivity index (χ3n) is 3.90. The fraction of sp³-hybridized carbons (Fsp3) is 0.938. The van der Waals surface area contributed by atoms with Gasteiger partial charge in [0.05, 0.1) is 0 Å². The summed E-state index contributed by atoms with van der Waals surface area (Å²) in [6.07, 6.45) is 1.85. The molecule has 0 aromatic rings. The van der Waals surface area contributed by atoms with Crippen molar-refractivity contribution in [1.82, 2.24) is 15.1 Å². The molecular weight excluding hydrogens is 266 g/mol. The molecular formula is C16H33N3O2. The first-order valence-corrected chi connectivity index (χ1v) is 8.29. The molecule has 0 aromatic heterocycles. The lowest BCUT2D eigenvalue weighted by molar-refractivity contribution is 0.0198.